The first-order chi connectivity index (χ1) is 12.7. The van der Waals surface area contributed by atoms with Crippen molar-refractivity contribution in [3.63, 3.8) is 0 Å². The molecule has 0 atom stereocenters. The number of nitrogens with zero attached hydrogens (tertiary/aromatic N) is 1. The summed E-state index contributed by atoms with van der Waals surface area (Å²) in [6.45, 7) is 2.00. The minimum atomic E-state index is -0.527. The van der Waals surface area contributed by atoms with Gasteiger partial charge >= 0.3 is 5.97 Å². The number of fused-ring (bicyclic) bond motifs is 2. The van der Waals surface area contributed by atoms with Gasteiger partial charge in [0, 0.05) is 0 Å². The van der Waals surface area contributed by atoms with Crippen molar-refractivity contribution in [1.82, 2.24) is 0 Å². The topological polar surface area (TPSA) is 58.9 Å². The minimum absolute atomic E-state index is 0.0268. The number of aliphatic hydroxyl groups is 1. The van der Waals surface area contributed by atoms with Crippen molar-refractivity contribution in [1.29, 1.82) is 0 Å². The van der Waals surface area contributed by atoms with E-state index in [1.54, 1.807) is 6.92 Å². The number of carbonyl (C=O) groups excluding carboxylic acids is 1. The Morgan fingerprint density at radius 3 is 2.50 bits per heavy atom. The van der Waals surface area contributed by atoms with Gasteiger partial charge in [-0.05, 0) is 52.7 Å². The highest BCUT2D eigenvalue weighted by Crippen LogP contribution is 2.32. The number of hydrogen-bond acceptors (Lipinski definition) is 5. The smallest absolute Gasteiger partial charge is 0.344 e. The SMILES string of the molecule is CCOC(=O)C1=C(O)CSC1=Nc1ccc2cc3ccccc3cc2c1. The highest BCUT2D eigenvalue weighted by Gasteiger charge is 2.29. The average molecular weight is 363 g/mol. The van der Waals surface area contributed by atoms with Gasteiger partial charge in [-0.15, -0.1) is 0 Å². The summed E-state index contributed by atoms with van der Waals surface area (Å²) in [4.78, 5) is 16.7. The van der Waals surface area contributed by atoms with E-state index in [2.05, 4.69) is 29.3 Å². The summed E-state index contributed by atoms with van der Waals surface area (Å²) < 4.78 is 5.03. The quantitative estimate of drug-likeness (QED) is 0.517. The molecule has 0 amide bonds. The van der Waals surface area contributed by atoms with E-state index in [1.165, 1.54) is 22.5 Å². The Labute approximate surface area is 155 Å². The predicted octanol–water partition coefficient (Wildman–Crippen LogP) is 5.15. The van der Waals surface area contributed by atoms with E-state index in [1.807, 2.05) is 30.3 Å². The molecule has 1 N–H and O–H groups in total. The zero-order valence-corrected chi connectivity index (χ0v) is 15.0. The lowest BCUT2D eigenvalue weighted by atomic mass is 10.0. The van der Waals surface area contributed by atoms with Gasteiger partial charge < -0.3 is 9.84 Å². The molecule has 0 unspecified atom stereocenters. The summed E-state index contributed by atoms with van der Waals surface area (Å²) >= 11 is 1.34. The van der Waals surface area contributed by atoms with Crippen molar-refractivity contribution in [2.45, 2.75) is 6.92 Å². The molecule has 0 saturated carbocycles. The first-order valence-electron chi connectivity index (χ1n) is 8.39. The van der Waals surface area contributed by atoms with Crippen LogP contribution in [0.5, 0.6) is 0 Å². The van der Waals surface area contributed by atoms with Crippen molar-refractivity contribution in [2.24, 2.45) is 4.99 Å². The Bertz CT molecular complexity index is 1090. The van der Waals surface area contributed by atoms with E-state index in [0.29, 0.717) is 10.8 Å². The number of aliphatic hydroxyl groups excluding tert-OH is 1. The summed E-state index contributed by atoms with van der Waals surface area (Å²) in [5.41, 5.74) is 0.919. The molecule has 0 fully saturated rings. The van der Waals surface area contributed by atoms with Crippen LogP contribution in [-0.2, 0) is 9.53 Å². The van der Waals surface area contributed by atoms with Crippen LogP contribution in [0.1, 0.15) is 6.92 Å². The fourth-order valence-electron chi connectivity index (χ4n) is 3.02. The van der Waals surface area contributed by atoms with Crippen LogP contribution < -0.4 is 0 Å². The Morgan fingerprint density at radius 1 is 1.08 bits per heavy atom. The molecule has 0 saturated heterocycles. The molecule has 1 heterocycles. The van der Waals surface area contributed by atoms with Crippen LogP contribution in [0.25, 0.3) is 21.5 Å². The fourth-order valence-corrected chi connectivity index (χ4v) is 3.95. The molecule has 5 heteroatoms. The first kappa shape index (κ1) is 16.7. The summed E-state index contributed by atoms with van der Waals surface area (Å²) in [6.07, 6.45) is 0. The van der Waals surface area contributed by atoms with Gasteiger partial charge in [0.05, 0.1) is 18.0 Å². The van der Waals surface area contributed by atoms with E-state index in [0.717, 1.165) is 16.5 Å². The van der Waals surface area contributed by atoms with Crippen LogP contribution in [0.2, 0.25) is 0 Å². The molecule has 0 bridgehead atoms. The summed E-state index contributed by atoms with van der Waals surface area (Å²) in [5.74, 6) is -0.162. The van der Waals surface area contributed by atoms with Crippen molar-refractivity contribution in [2.75, 3.05) is 12.4 Å². The lowest BCUT2D eigenvalue weighted by molar-refractivity contribution is -0.138. The fraction of sp³-hybridized carbons (Fsp3) is 0.143. The Kier molecular flexibility index (Phi) is 4.39. The number of esters is 1. The third-order valence-corrected chi connectivity index (χ3v) is 5.23. The van der Waals surface area contributed by atoms with Gasteiger partial charge in [-0.3, -0.25) is 0 Å². The van der Waals surface area contributed by atoms with Gasteiger partial charge in [0.25, 0.3) is 0 Å². The molecule has 4 rings (SSSR count). The standard InChI is InChI=1S/C21H17NO3S/c1-2-25-21(24)19-18(23)12-26-20(19)22-17-8-7-15-9-13-5-3-4-6-14(13)10-16(15)11-17/h3-11,23H,2,12H2,1H3. The molecule has 130 valence electrons. The highest BCUT2D eigenvalue weighted by molar-refractivity contribution is 8.15. The second-order valence-electron chi connectivity index (χ2n) is 5.98. The molecular formula is C21H17NO3S. The molecule has 1 aliphatic rings. The lowest BCUT2D eigenvalue weighted by Gasteiger charge is -2.06. The van der Waals surface area contributed by atoms with E-state index in [9.17, 15) is 9.90 Å². The minimum Gasteiger partial charge on any atom is -0.510 e. The second kappa shape index (κ2) is 6.84. The molecule has 1 aliphatic heterocycles. The Hall–Kier alpha value is -2.79. The van der Waals surface area contributed by atoms with Gasteiger partial charge in [-0.1, -0.05) is 42.1 Å². The van der Waals surface area contributed by atoms with Crippen LogP contribution in [0.4, 0.5) is 5.69 Å². The van der Waals surface area contributed by atoms with Crippen LogP contribution in [0, 0.1) is 0 Å². The van der Waals surface area contributed by atoms with Gasteiger partial charge in [-0.25, -0.2) is 9.79 Å². The maximum absolute atomic E-state index is 12.1. The molecule has 26 heavy (non-hydrogen) atoms. The van der Waals surface area contributed by atoms with E-state index >= 15 is 0 Å². The van der Waals surface area contributed by atoms with Crippen molar-refractivity contribution in [3.8, 4) is 0 Å². The second-order valence-corrected chi connectivity index (χ2v) is 6.94. The van der Waals surface area contributed by atoms with Crippen LogP contribution in [0.15, 0.2) is 70.9 Å². The maximum Gasteiger partial charge on any atom is 0.344 e. The van der Waals surface area contributed by atoms with E-state index < -0.39 is 5.97 Å². The van der Waals surface area contributed by atoms with Crippen LogP contribution in [-0.4, -0.2) is 28.5 Å². The Balaban J connectivity index is 1.75. The molecular weight excluding hydrogens is 346 g/mol. The first-order valence-corrected chi connectivity index (χ1v) is 9.38. The van der Waals surface area contributed by atoms with Crippen LogP contribution >= 0.6 is 11.8 Å². The van der Waals surface area contributed by atoms with Gasteiger partial charge in [0.2, 0.25) is 0 Å². The van der Waals surface area contributed by atoms with Gasteiger partial charge in [-0.2, -0.15) is 0 Å². The van der Waals surface area contributed by atoms with Gasteiger partial charge in [0.1, 0.15) is 16.4 Å². The summed E-state index contributed by atoms with van der Waals surface area (Å²) in [7, 11) is 0. The number of ether oxygens (including phenoxy) is 1. The van der Waals surface area contributed by atoms with Crippen molar-refractivity contribution < 1.29 is 14.6 Å². The lowest BCUT2D eigenvalue weighted by Crippen LogP contribution is -2.12. The molecule has 0 aliphatic carbocycles. The maximum atomic E-state index is 12.1. The molecule has 4 nitrogen and oxygen atoms in total. The van der Waals surface area contributed by atoms with Crippen LogP contribution in [0.3, 0.4) is 0 Å². The summed E-state index contributed by atoms with van der Waals surface area (Å²) in [5, 5.41) is 15.1. The number of thioether (sulfide) groups is 1. The molecule has 3 aromatic rings. The normalized spacial score (nSPS) is 16.0. The zero-order chi connectivity index (χ0) is 18.1. The molecule has 3 aromatic carbocycles. The summed E-state index contributed by atoms with van der Waals surface area (Å²) in [6, 6.07) is 18.5. The van der Waals surface area contributed by atoms with Gasteiger partial charge in [0.15, 0.2) is 0 Å². The third kappa shape index (κ3) is 3.06. The molecule has 0 radical (unpaired) electrons. The molecule has 0 spiro atoms. The average Bonchev–Trinajstić information content (AvgIpc) is 3.00. The predicted molar refractivity (Wildman–Crippen MR) is 107 cm³/mol. The largest absolute Gasteiger partial charge is 0.510 e. The van der Waals surface area contributed by atoms with E-state index in [-0.39, 0.29) is 17.9 Å². The zero-order valence-electron chi connectivity index (χ0n) is 14.2. The molecule has 0 aromatic heterocycles. The third-order valence-electron chi connectivity index (χ3n) is 4.25. The number of aliphatic imine (C=N–C) groups is 1. The van der Waals surface area contributed by atoms with Crippen molar-refractivity contribution >= 4 is 50.0 Å². The number of carbonyl (C=O) groups is 1. The van der Waals surface area contributed by atoms with E-state index in [4.69, 9.17) is 4.74 Å². The van der Waals surface area contributed by atoms with Crippen molar-refractivity contribution in [3.05, 3.63) is 65.9 Å². The monoisotopic (exact) mass is 363 g/mol. The highest BCUT2D eigenvalue weighted by atomic mass is 32.2. The number of benzene rings is 3. The number of hydrogen-bond donors (Lipinski definition) is 1. The number of rotatable bonds is 3. The Morgan fingerprint density at radius 2 is 1.77 bits per heavy atom.